The van der Waals surface area contributed by atoms with Gasteiger partial charge in [0.15, 0.2) is 5.76 Å². The van der Waals surface area contributed by atoms with Gasteiger partial charge in [-0.05, 0) is 113 Å². The Bertz CT molecular complexity index is 1510. The van der Waals surface area contributed by atoms with E-state index in [1.807, 2.05) is 38.1 Å². The van der Waals surface area contributed by atoms with Crippen LogP contribution in [0.4, 0.5) is 11.4 Å². The van der Waals surface area contributed by atoms with Gasteiger partial charge in [0.25, 0.3) is 11.8 Å². The third kappa shape index (κ3) is 5.61. The number of aromatic nitrogens is 1. The SMILES string of the molecule is CC1(C(=O)N(C(=O)[C@@H]2CCCN2)c2ccc(-c3cnc(-c4ccc(N(C(=O)[C@@H]5CCCN5)C(=O)C5(C)CC5)cc4)o3)cc2)CC1. The molecule has 0 spiro atoms. The van der Waals surface area contributed by atoms with Crippen molar-refractivity contribution >= 4 is 35.0 Å². The van der Waals surface area contributed by atoms with Crippen LogP contribution in [0.3, 0.4) is 0 Å². The van der Waals surface area contributed by atoms with Gasteiger partial charge < -0.3 is 15.1 Å². The van der Waals surface area contributed by atoms with Gasteiger partial charge in [-0.3, -0.25) is 19.2 Å². The van der Waals surface area contributed by atoms with Crippen molar-refractivity contribution in [3.8, 4) is 22.8 Å². The van der Waals surface area contributed by atoms with Crippen molar-refractivity contribution in [2.24, 2.45) is 10.8 Å². The largest absolute Gasteiger partial charge is 0.436 e. The van der Waals surface area contributed by atoms with Crippen LogP contribution >= 0.6 is 0 Å². The van der Waals surface area contributed by atoms with Crippen LogP contribution in [-0.2, 0) is 19.2 Å². The summed E-state index contributed by atoms with van der Waals surface area (Å²) in [6.45, 7) is 5.38. The Kier molecular flexibility index (Phi) is 7.44. The summed E-state index contributed by atoms with van der Waals surface area (Å²) in [5.74, 6) is 0.245. The van der Waals surface area contributed by atoms with Crippen LogP contribution in [0, 0.1) is 10.8 Å². The molecule has 3 heterocycles. The minimum absolute atomic E-state index is 0.146. The molecule has 45 heavy (non-hydrogen) atoms. The van der Waals surface area contributed by atoms with Crippen LogP contribution in [0.2, 0.25) is 0 Å². The molecule has 1 aromatic heterocycles. The first kappa shape index (κ1) is 29.6. The molecule has 4 fully saturated rings. The molecule has 2 aliphatic heterocycles. The quantitative estimate of drug-likeness (QED) is 0.348. The molecular formula is C35H39N5O5. The number of nitrogens with one attached hydrogen (secondary N) is 2. The summed E-state index contributed by atoms with van der Waals surface area (Å²) in [5, 5.41) is 6.45. The van der Waals surface area contributed by atoms with Crippen molar-refractivity contribution in [3.05, 3.63) is 54.7 Å². The zero-order chi connectivity index (χ0) is 31.3. The second-order valence-corrected chi connectivity index (χ2v) is 13.5. The monoisotopic (exact) mass is 609 g/mol. The molecule has 0 radical (unpaired) electrons. The number of carbonyl (C=O) groups is 4. The lowest BCUT2D eigenvalue weighted by atomic mass is 10.1. The topological polar surface area (TPSA) is 125 Å². The van der Waals surface area contributed by atoms with E-state index >= 15 is 0 Å². The van der Waals surface area contributed by atoms with Crippen molar-refractivity contribution in [2.45, 2.75) is 77.3 Å². The number of oxazole rings is 1. The minimum atomic E-state index is -0.485. The molecule has 2 aliphatic carbocycles. The first-order valence-corrected chi connectivity index (χ1v) is 16.1. The number of imide groups is 2. The maximum Gasteiger partial charge on any atom is 0.250 e. The van der Waals surface area contributed by atoms with E-state index in [2.05, 4.69) is 15.6 Å². The molecule has 3 aromatic rings. The van der Waals surface area contributed by atoms with E-state index < -0.39 is 10.8 Å². The number of amides is 4. The smallest absolute Gasteiger partial charge is 0.250 e. The molecule has 2 N–H and O–H groups in total. The fourth-order valence-electron chi connectivity index (χ4n) is 6.20. The average molecular weight is 610 g/mol. The van der Waals surface area contributed by atoms with E-state index in [1.54, 1.807) is 30.5 Å². The van der Waals surface area contributed by atoms with Crippen LogP contribution in [-0.4, -0.2) is 53.8 Å². The molecule has 4 amide bonds. The van der Waals surface area contributed by atoms with E-state index in [9.17, 15) is 19.2 Å². The summed E-state index contributed by atoms with van der Waals surface area (Å²) in [7, 11) is 0. The van der Waals surface area contributed by atoms with Gasteiger partial charge in [-0.1, -0.05) is 13.8 Å². The number of hydrogen-bond acceptors (Lipinski definition) is 8. The number of nitrogens with zero attached hydrogens (tertiary/aromatic N) is 3. The van der Waals surface area contributed by atoms with Crippen molar-refractivity contribution in [1.82, 2.24) is 15.6 Å². The zero-order valence-corrected chi connectivity index (χ0v) is 25.8. The summed E-state index contributed by atoms with van der Waals surface area (Å²) in [5.41, 5.74) is 1.59. The Morgan fingerprint density at radius 1 is 0.711 bits per heavy atom. The molecule has 2 saturated heterocycles. The van der Waals surface area contributed by atoms with Crippen LogP contribution in [0.25, 0.3) is 22.8 Å². The molecule has 10 nitrogen and oxygen atoms in total. The highest BCUT2D eigenvalue weighted by Crippen LogP contribution is 2.48. The number of benzene rings is 2. The summed E-state index contributed by atoms with van der Waals surface area (Å²) in [6, 6.07) is 13.7. The van der Waals surface area contributed by atoms with Gasteiger partial charge in [0.05, 0.1) is 29.7 Å². The minimum Gasteiger partial charge on any atom is -0.436 e. The lowest BCUT2D eigenvalue weighted by Crippen LogP contribution is -2.49. The van der Waals surface area contributed by atoms with Gasteiger partial charge >= 0.3 is 0 Å². The Morgan fingerprint density at radius 3 is 1.56 bits per heavy atom. The van der Waals surface area contributed by atoms with E-state index in [-0.39, 0.29) is 35.7 Å². The lowest BCUT2D eigenvalue weighted by Gasteiger charge is -2.27. The first-order chi connectivity index (χ1) is 21.7. The van der Waals surface area contributed by atoms with Gasteiger partial charge in [0.1, 0.15) is 0 Å². The number of hydrogen-bond donors (Lipinski definition) is 2. The van der Waals surface area contributed by atoms with Crippen LogP contribution < -0.4 is 20.4 Å². The van der Waals surface area contributed by atoms with Crippen LogP contribution in [0.5, 0.6) is 0 Å². The zero-order valence-electron chi connectivity index (χ0n) is 25.8. The molecule has 0 unspecified atom stereocenters. The summed E-state index contributed by atoms with van der Waals surface area (Å²) in [4.78, 5) is 60.8. The maximum absolute atomic E-state index is 13.4. The Labute approximate surface area is 262 Å². The van der Waals surface area contributed by atoms with E-state index in [0.717, 1.165) is 70.0 Å². The van der Waals surface area contributed by atoms with Gasteiger partial charge in [-0.25, -0.2) is 14.8 Å². The third-order valence-electron chi connectivity index (χ3n) is 9.88. The third-order valence-corrected chi connectivity index (χ3v) is 9.88. The Balaban J connectivity index is 1.10. The average Bonchev–Trinajstić information content (AvgIpc) is 3.66. The predicted octanol–water partition coefficient (Wildman–Crippen LogP) is 4.83. The Morgan fingerprint density at radius 2 is 1.16 bits per heavy atom. The highest BCUT2D eigenvalue weighted by Gasteiger charge is 2.51. The van der Waals surface area contributed by atoms with Crippen molar-refractivity contribution in [3.63, 3.8) is 0 Å². The number of rotatable bonds is 8. The standard InChI is InChI=1S/C35H39N5O5/c1-34(15-16-34)32(43)39(30(41)26-5-3-19-36-26)24-11-7-22(8-12-24)28-21-38-29(45-28)23-9-13-25(14-10-23)40(33(44)35(2)17-18-35)31(42)27-6-4-20-37-27/h7-14,21,26-27,36-37H,3-6,15-20H2,1-2H3/t26-,27-/m0/s1. The van der Waals surface area contributed by atoms with Crippen molar-refractivity contribution in [1.29, 1.82) is 0 Å². The lowest BCUT2D eigenvalue weighted by molar-refractivity contribution is -0.131. The van der Waals surface area contributed by atoms with Gasteiger partial charge in [-0.2, -0.15) is 0 Å². The number of carbonyl (C=O) groups excluding carboxylic acids is 4. The Hall–Kier alpha value is -4.15. The fraction of sp³-hybridized carbons (Fsp3) is 0.457. The van der Waals surface area contributed by atoms with Crippen LogP contribution in [0.1, 0.15) is 65.2 Å². The maximum atomic E-state index is 13.4. The molecule has 2 saturated carbocycles. The van der Waals surface area contributed by atoms with Crippen molar-refractivity contribution in [2.75, 3.05) is 22.9 Å². The molecule has 10 heteroatoms. The summed E-state index contributed by atoms with van der Waals surface area (Å²) < 4.78 is 6.11. The summed E-state index contributed by atoms with van der Waals surface area (Å²) in [6.07, 6.45) is 8.05. The highest BCUT2D eigenvalue weighted by molar-refractivity contribution is 6.19. The van der Waals surface area contributed by atoms with E-state index in [4.69, 9.17) is 4.42 Å². The second kappa shape index (κ2) is 11.3. The predicted molar refractivity (Wildman–Crippen MR) is 169 cm³/mol. The first-order valence-electron chi connectivity index (χ1n) is 16.1. The van der Waals surface area contributed by atoms with Crippen LogP contribution in [0.15, 0.2) is 59.1 Å². The molecule has 7 rings (SSSR count). The molecule has 0 bridgehead atoms. The molecular weight excluding hydrogens is 570 g/mol. The second-order valence-electron chi connectivity index (χ2n) is 13.5. The normalized spacial score (nSPS) is 22.5. The summed E-state index contributed by atoms with van der Waals surface area (Å²) >= 11 is 0. The fourth-order valence-corrected chi connectivity index (χ4v) is 6.20. The number of anilines is 2. The molecule has 234 valence electrons. The van der Waals surface area contributed by atoms with Crippen molar-refractivity contribution < 1.29 is 23.6 Å². The highest BCUT2D eigenvalue weighted by atomic mass is 16.4. The molecule has 2 aromatic carbocycles. The van der Waals surface area contributed by atoms with E-state index in [0.29, 0.717) is 28.6 Å². The van der Waals surface area contributed by atoms with Gasteiger partial charge in [0, 0.05) is 22.0 Å². The van der Waals surface area contributed by atoms with Gasteiger partial charge in [0.2, 0.25) is 17.7 Å². The van der Waals surface area contributed by atoms with E-state index in [1.165, 1.54) is 9.80 Å². The molecule has 4 aliphatic rings. The van der Waals surface area contributed by atoms with Gasteiger partial charge in [-0.15, -0.1) is 0 Å². The molecule has 2 atom stereocenters.